The summed E-state index contributed by atoms with van der Waals surface area (Å²) in [5.74, 6) is -1.57. The molecule has 2 N–H and O–H groups in total. The van der Waals surface area contributed by atoms with E-state index in [-0.39, 0.29) is 24.7 Å². The highest BCUT2D eigenvalue weighted by atomic mass is 35.5. The van der Waals surface area contributed by atoms with E-state index < -0.39 is 12.0 Å². The summed E-state index contributed by atoms with van der Waals surface area (Å²) in [6.45, 7) is 4.97. The van der Waals surface area contributed by atoms with Crippen LogP contribution in [-0.2, 0) is 9.59 Å². The SMILES string of the molecule is CN1CCC(N2CCN(C(=O)[C@H](CCC(=O)O)NC(=O)c3cc4ccc(Cl)cc4s3)CC2)CC1. The number of piperazine rings is 1. The van der Waals surface area contributed by atoms with Crippen LogP contribution in [0.2, 0.25) is 5.02 Å². The molecule has 2 fully saturated rings. The van der Waals surface area contributed by atoms with E-state index in [2.05, 4.69) is 22.2 Å². The fourth-order valence-corrected chi connectivity index (χ4v) is 6.00. The molecule has 0 spiro atoms. The fraction of sp³-hybridized carbons (Fsp3) is 0.542. The third-order valence-electron chi connectivity index (χ3n) is 6.79. The maximum atomic E-state index is 13.3. The Morgan fingerprint density at radius 3 is 2.50 bits per heavy atom. The van der Waals surface area contributed by atoms with Gasteiger partial charge in [0.25, 0.3) is 5.91 Å². The van der Waals surface area contributed by atoms with Crippen molar-refractivity contribution in [2.24, 2.45) is 0 Å². The molecular formula is C24H31ClN4O4S. The first-order chi connectivity index (χ1) is 16.3. The molecule has 0 saturated carbocycles. The minimum absolute atomic E-state index is 0.0613. The maximum Gasteiger partial charge on any atom is 0.303 e. The molecule has 0 unspecified atom stereocenters. The highest BCUT2D eigenvalue weighted by Crippen LogP contribution is 2.28. The van der Waals surface area contributed by atoms with E-state index in [9.17, 15) is 14.4 Å². The van der Waals surface area contributed by atoms with E-state index in [1.54, 1.807) is 23.1 Å². The highest BCUT2D eigenvalue weighted by Gasteiger charge is 2.32. The van der Waals surface area contributed by atoms with Gasteiger partial charge in [-0.3, -0.25) is 19.3 Å². The van der Waals surface area contributed by atoms with E-state index in [1.807, 2.05) is 6.07 Å². The lowest BCUT2D eigenvalue weighted by molar-refractivity contribution is -0.138. The zero-order valence-corrected chi connectivity index (χ0v) is 20.9. The number of likely N-dealkylation sites (tertiary alicyclic amines) is 1. The smallest absolute Gasteiger partial charge is 0.303 e. The molecule has 2 aromatic rings. The average Bonchev–Trinajstić information content (AvgIpc) is 3.25. The summed E-state index contributed by atoms with van der Waals surface area (Å²) < 4.78 is 0.885. The number of carbonyl (C=O) groups is 3. The summed E-state index contributed by atoms with van der Waals surface area (Å²) >= 11 is 7.35. The number of nitrogens with one attached hydrogen (secondary N) is 1. The van der Waals surface area contributed by atoms with Crippen LogP contribution in [0.3, 0.4) is 0 Å². The quantitative estimate of drug-likeness (QED) is 0.600. The molecule has 0 bridgehead atoms. The van der Waals surface area contributed by atoms with Gasteiger partial charge in [-0.15, -0.1) is 11.3 Å². The number of halogens is 1. The molecule has 8 nitrogen and oxygen atoms in total. The third-order valence-corrected chi connectivity index (χ3v) is 8.12. The Bertz CT molecular complexity index is 1040. The summed E-state index contributed by atoms with van der Waals surface area (Å²) in [6, 6.07) is 6.87. The van der Waals surface area contributed by atoms with Crippen LogP contribution in [0.15, 0.2) is 24.3 Å². The zero-order chi connectivity index (χ0) is 24.2. The van der Waals surface area contributed by atoms with Crippen LogP contribution >= 0.6 is 22.9 Å². The monoisotopic (exact) mass is 506 g/mol. The first kappa shape index (κ1) is 24.9. The summed E-state index contributed by atoms with van der Waals surface area (Å²) in [5, 5.41) is 13.5. The topological polar surface area (TPSA) is 93.2 Å². The van der Waals surface area contributed by atoms with Crippen molar-refractivity contribution in [1.29, 1.82) is 0 Å². The van der Waals surface area contributed by atoms with Crippen LogP contribution < -0.4 is 5.32 Å². The van der Waals surface area contributed by atoms with Gasteiger partial charge < -0.3 is 20.2 Å². The van der Waals surface area contributed by atoms with Crippen molar-refractivity contribution < 1.29 is 19.5 Å². The molecule has 184 valence electrons. The Morgan fingerprint density at radius 1 is 1.12 bits per heavy atom. The van der Waals surface area contributed by atoms with Gasteiger partial charge in [-0.05, 0) is 63.0 Å². The lowest BCUT2D eigenvalue weighted by Crippen LogP contribution is -2.57. The first-order valence-corrected chi connectivity index (χ1v) is 12.9. The molecule has 2 saturated heterocycles. The Morgan fingerprint density at radius 2 is 1.82 bits per heavy atom. The largest absolute Gasteiger partial charge is 0.481 e. The van der Waals surface area contributed by atoms with Crippen LogP contribution in [0.4, 0.5) is 0 Å². The van der Waals surface area contributed by atoms with Gasteiger partial charge in [0.05, 0.1) is 4.88 Å². The highest BCUT2D eigenvalue weighted by molar-refractivity contribution is 7.20. The van der Waals surface area contributed by atoms with E-state index in [0.29, 0.717) is 29.0 Å². The number of piperidine rings is 1. The van der Waals surface area contributed by atoms with E-state index >= 15 is 0 Å². The number of hydrogen-bond donors (Lipinski definition) is 2. The van der Waals surface area contributed by atoms with Gasteiger partial charge in [0.15, 0.2) is 0 Å². The van der Waals surface area contributed by atoms with Crippen LogP contribution in [0, 0.1) is 0 Å². The minimum atomic E-state index is -0.990. The van der Waals surface area contributed by atoms with Gasteiger partial charge in [-0.1, -0.05) is 17.7 Å². The molecule has 2 aliphatic rings. The van der Waals surface area contributed by atoms with Crippen LogP contribution in [0.25, 0.3) is 10.1 Å². The maximum absolute atomic E-state index is 13.3. The number of hydrogen-bond acceptors (Lipinski definition) is 6. The molecule has 4 rings (SSSR count). The Hall–Kier alpha value is -2.20. The average molecular weight is 507 g/mol. The lowest BCUT2D eigenvalue weighted by Gasteiger charge is -2.42. The Labute approximate surface area is 208 Å². The van der Waals surface area contributed by atoms with Gasteiger partial charge in [0.1, 0.15) is 6.04 Å². The predicted octanol–water partition coefficient (Wildman–Crippen LogP) is 2.76. The molecule has 1 aromatic heterocycles. The number of benzene rings is 1. The fourth-order valence-electron chi connectivity index (χ4n) is 4.76. The van der Waals surface area contributed by atoms with Gasteiger partial charge in [-0.25, -0.2) is 0 Å². The standard InChI is InChI=1S/C24H31ClN4O4S/c1-27-8-6-18(7-9-27)28-10-12-29(13-11-28)24(33)19(4-5-22(30)31)26-23(32)21-14-16-2-3-17(25)15-20(16)34-21/h2-3,14-15,18-19H,4-13H2,1H3,(H,26,32)(H,30,31)/t19-/m0/s1. The lowest BCUT2D eigenvalue weighted by atomic mass is 10.0. The molecule has 3 heterocycles. The summed E-state index contributed by atoms with van der Waals surface area (Å²) in [6.07, 6.45) is 2.16. The van der Waals surface area contributed by atoms with Crippen molar-refractivity contribution >= 4 is 50.8 Å². The minimum Gasteiger partial charge on any atom is -0.481 e. The zero-order valence-electron chi connectivity index (χ0n) is 19.3. The molecule has 0 aliphatic carbocycles. The number of carbonyl (C=O) groups excluding carboxylic acids is 2. The molecule has 1 atom stereocenters. The van der Waals surface area contributed by atoms with Gasteiger partial charge in [0, 0.05) is 48.4 Å². The second-order valence-electron chi connectivity index (χ2n) is 9.15. The Kier molecular flexibility index (Phi) is 8.08. The number of carboxylic acids is 1. The summed E-state index contributed by atoms with van der Waals surface area (Å²) in [7, 11) is 2.15. The number of nitrogens with zero attached hydrogens (tertiary/aromatic N) is 3. The number of aliphatic carboxylic acids is 1. The molecule has 2 aliphatic heterocycles. The van der Waals surface area contributed by atoms with Crippen molar-refractivity contribution in [2.45, 2.75) is 37.8 Å². The molecule has 0 radical (unpaired) electrons. The van der Waals surface area contributed by atoms with Gasteiger partial charge in [0.2, 0.25) is 5.91 Å². The van der Waals surface area contributed by atoms with Crippen LogP contribution in [0.5, 0.6) is 0 Å². The summed E-state index contributed by atoms with van der Waals surface area (Å²) in [4.78, 5) is 44.5. The van der Waals surface area contributed by atoms with E-state index in [1.165, 1.54) is 11.3 Å². The first-order valence-electron chi connectivity index (χ1n) is 11.7. The second kappa shape index (κ2) is 11.0. The normalized spacial score (nSPS) is 19.3. The molecule has 10 heteroatoms. The van der Waals surface area contributed by atoms with Crippen molar-refractivity contribution in [1.82, 2.24) is 20.0 Å². The molecule has 1 aromatic carbocycles. The van der Waals surface area contributed by atoms with Crippen LogP contribution in [-0.4, -0.2) is 96.0 Å². The van der Waals surface area contributed by atoms with Crippen molar-refractivity contribution in [3.63, 3.8) is 0 Å². The molecule has 2 amide bonds. The van der Waals surface area contributed by atoms with Crippen LogP contribution in [0.1, 0.15) is 35.4 Å². The van der Waals surface area contributed by atoms with E-state index in [0.717, 1.165) is 49.1 Å². The van der Waals surface area contributed by atoms with Crippen molar-refractivity contribution in [2.75, 3.05) is 46.3 Å². The van der Waals surface area contributed by atoms with Crippen molar-refractivity contribution in [3.8, 4) is 0 Å². The Balaban J connectivity index is 1.39. The summed E-state index contributed by atoms with van der Waals surface area (Å²) in [5.41, 5.74) is 0. The van der Waals surface area contributed by atoms with Crippen molar-refractivity contribution in [3.05, 3.63) is 34.2 Å². The number of thiophene rings is 1. The van der Waals surface area contributed by atoms with E-state index in [4.69, 9.17) is 16.7 Å². The number of amides is 2. The second-order valence-corrected chi connectivity index (χ2v) is 10.7. The number of rotatable bonds is 7. The van der Waals surface area contributed by atoms with Gasteiger partial charge in [-0.2, -0.15) is 0 Å². The third kappa shape index (κ3) is 6.07. The number of carboxylic acid groups (broad SMARTS) is 1. The predicted molar refractivity (Wildman–Crippen MR) is 134 cm³/mol. The molecular weight excluding hydrogens is 476 g/mol. The molecule has 34 heavy (non-hydrogen) atoms. The van der Waals surface area contributed by atoms with Gasteiger partial charge >= 0.3 is 5.97 Å². The number of fused-ring (bicyclic) bond motifs is 1.